The van der Waals surface area contributed by atoms with Crippen LogP contribution in [0.3, 0.4) is 0 Å². The van der Waals surface area contributed by atoms with Crippen molar-refractivity contribution in [2.75, 3.05) is 20.8 Å². The van der Waals surface area contributed by atoms with Crippen molar-refractivity contribution in [3.63, 3.8) is 0 Å². The summed E-state index contributed by atoms with van der Waals surface area (Å²) in [6.07, 6.45) is 3.47. The average Bonchev–Trinajstić information content (AvgIpc) is 2.88. The average molecular weight is 360 g/mol. The van der Waals surface area contributed by atoms with E-state index < -0.39 is 11.6 Å². The third-order valence-corrected chi connectivity index (χ3v) is 5.51. The number of methoxy groups -OCH3 is 2. The Kier molecular flexibility index (Phi) is 4.89. The molecule has 0 unspecified atom stereocenters. The predicted molar refractivity (Wildman–Crippen MR) is 94.5 cm³/mol. The molecule has 7 nitrogen and oxygen atoms in total. The molecule has 2 atom stereocenters. The number of carbonyl (C=O) groups excluding carboxylic acids is 3. The van der Waals surface area contributed by atoms with Gasteiger partial charge in [-0.3, -0.25) is 14.5 Å². The monoisotopic (exact) mass is 360 g/mol. The van der Waals surface area contributed by atoms with Gasteiger partial charge in [0.1, 0.15) is 5.54 Å². The fourth-order valence-electron chi connectivity index (χ4n) is 3.88. The first-order valence-electron chi connectivity index (χ1n) is 8.82. The van der Waals surface area contributed by atoms with Crippen LogP contribution in [0.25, 0.3) is 0 Å². The van der Waals surface area contributed by atoms with Crippen LogP contribution in [0.2, 0.25) is 0 Å². The van der Waals surface area contributed by atoms with Gasteiger partial charge >= 0.3 is 6.03 Å². The Bertz CT molecular complexity index is 747. The SMILES string of the molecule is COc1ccc(C(=O)CN2C(=O)N[C@]3(CCCC[C@H]3C)C2=O)cc1OC. The lowest BCUT2D eigenvalue weighted by atomic mass is 9.73. The summed E-state index contributed by atoms with van der Waals surface area (Å²) in [6, 6.07) is 4.29. The maximum atomic E-state index is 12.9. The molecule has 3 rings (SSSR count). The summed E-state index contributed by atoms with van der Waals surface area (Å²) < 4.78 is 10.4. The molecule has 2 fully saturated rings. The smallest absolute Gasteiger partial charge is 0.325 e. The number of imide groups is 1. The highest BCUT2D eigenvalue weighted by Crippen LogP contribution is 2.38. The van der Waals surface area contributed by atoms with Crippen molar-refractivity contribution >= 4 is 17.7 Å². The Balaban J connectivity index is 1.79. The molecule has 1 aliphatic carbocycles. The van der Waals surface area contributed by atoms with Gasteiger partial charge in [0, 0.05) is 5.56 Å². The van der Waals surface area contributed by atoms with Gasteiger partial charge in [0.05, 0.1) is 20.8 Å². The van der Waals surface area contributed by atoms with Crippen molar-refractivity contribution < 1.29 is 23.9 Å². The van der Waals surface area contributed by atoms with Crippen LogP contribution in [0.4, 0.5) is 4.79 Å². The number of benzene rings is 1. The first kappa shape index (κ1) is 18.2. The lowest BCUT2D eigenvalue weighted by Crippen LogP contribution is -2.54. The Morgan fingerprint density at radius 2 is 1.96 bits per heavy atom. The molecule has 0 radical (unpaired) electrons. The minimum Gasteiger partial charge on any atom is -0.493 e. The number of ketones is 1. The Morgan fingerprint density at radius 1 is 1.23 bits per heavy atom. The van der Waals surface area contributed by atoms with E-state index in [4.69, 9.17) is 9.47 Å². The fraction of sp³-hybridized carbons (Fsp3) is 0.526. The summed E-state index contributed by atoms with van der Waals surface area (Å²) in [6.45, 7) is 1.70. The summed E-state index contributed by atoms with van der Waals surface area (Å²) in [7, 11) is 3.00. The Morgan fingerprint density at radius 3 is 2.62 bits per heavy atom. The van der Waals surface area contributed by atoms with Crippen molar-refractivity contribution in [3.05, 3.63) is 23.8 Å². The molecule has 2 aliphatic rings. The largest absolute Gasteiger partial charge is 0.493 e. The number of hydrogen-bond donors (Lipinski definition) is 1. The van der Waals surface area contributed by atoms with E-state index in [0.717, 1.165) is 24.2 Å². The van der Waals surface area contributed by atoms with Crippen molar-refractivity contribution in [3.8, 4) is 11.5 Å². The Hall–Kier alpha value is -2.57. The quantitative estimate of drug-likeness (QED) is 0.644. The molecule has 1 aromatic rings. The summed E-state index contributed by atoms with van der Waals surface area (Å²) in [5.74, 6) is 0.384. The molecule has 1 saturated heterocycles. The second-order valence-corrected chi connectivity index (χ2v) is 6.93. The first-order chi connectivity index (χ1) is 12.4. The van der Waals surface area contributed by atoms with E-state index in [1.165, 1.54) is 14.2 Å². The number of nitrogens with one attached hydrogen (secondary N) is 1. The lowest BCUT2D eigenvalue weighted by Gasteiger charge is -2.36. The number of Topliss-reactive ketones (excluding diaryl/α,β-unsaturated/α-hetero) is 1. The van der Waals surface area contributed by atoms with Crippen LogP contribution in [-0.4, -0.2) is 48.9 Å². The fourth-order valence-corrected chi connectivity index (χ4v) is 3.88. The molecule has 140 valence electrons. The zero-order chi connectivity index (χ0) is 18.9. The van der Waals surface area contributed by atoms with Gasteiger partial charge in [-0.1, -0.05) is 19.8 Å². The standard InChI is InChI=1S/C19H24N2O5/c1-12-6-4-5-9-19(12)17(23)21(18(24)20-19)11-14(22)13-7-8-15(25-2)16(10-13)26-3/h7-8,10,12H,4-6,9,11H2,1-3H3,(H,20,24)/t12-,19+/m1/s1. The van der Waals surface area contributed by atoms with E-state index in [9.17, 15) is 14.4 Å². The van der Waals surface area contributed by atoms with Crippen LogP contribution in [0.5, 0.6) is 11.5 Å². The maximum absolute atomic E-state index is 12.9. The summed E-state index contributed by atoms with van der Waals surface area (Å²) >= 11 is 0. The van der Waals surface area contributed by atoms with Gasteiger partial charge in [-0.15, -0.1) is 0 Å². The molecule has 0 bridgehead atoms. The highest BCUT2D eigenvalue weighted by molar-refractivity contribution is 6.11. The number of urea groups is 1. The highest BCUT2D eigenvalue weighted by Gasteiger charge is 2.55. The molecule has 7 heteroatoms. The van der Waals surface area contributed by atoms with E-state index in [1.807, 2.05) is 6.92 Å². The third kappa shape index (κ3) is 2.91. The molecule has 3 amide bonds. The zero-order valence-corrected chi connectivity index (χ0v) is 15.3. The molecular formula is C19H24N2O5. The number of hydrogen-bond acceptors (Lipinski definition) is 5. The molecule has 1 spiro atoms. The van der Waals surface area contributed by atoms with Crippen molar-refractivity contribution in [1.82, 2.24) is 10.2 Å². The van der Waals surface area contributed by atoms with Gasteiger partial charge in [-0.2, -0.15) is 0 Å². The van der Waals surface area contributed by atoms with Crippen LogP contribution >= 0.6 is 0 Å². The van der Waals surface area contributed by atoms with Crippen LogP contribution in [0.1, 0.15) is 43.0 Å². The number of rotatable bonds is 5. The van der Waals surface area contributed by atoms with Gasteiger partial charge < -0.3 is 14.8 Å². The van der Waals surface area contributed by atoms with E-state index in [0.29, 0.717) is 23.5 Å². The van der Waals surface area contributed by atoms with Crippen molar-refractivity contribution in [2.45, 2.75) is 38.1 Å². The summed E-state index contributed by atoms with van der Waals surface area (Å²) in [5, 5.41) is 2.86. The maximum Gasteiger partial charge on any atom is 0.325 e. The molecule has 1 aliphatic heterocycles. The first-order valence-corrected chi connectivity index (χ1v) is 8.82. The normalized spacial score (nSPS) is 25.3. The Labute approximate surface area is 152 Å². The summed E-state index contributed by atoms with van der Waals surface area (Å²) in [5.41, 5.74) is -0.492. The predicted octanol–water partition coefficient (Wildman–Crippen LogP) is 2.39. The second kappa shape index (κ2) is 6.97. The minimum absolute atomic E-state index is 0.0638. The molecular weight excluding hydrogens is 336 g/mol. The van der Waals surface area contributed by atoms with E-state index >= 15 is 0 Å². The number of carbonyl (C=O) groups is 3. The summed E-state index contributed by atoms with van der Waals surface area (Å²) in [4.78, 5) is 39.0. The second-order valence-electron chi connectivity index (χ2n) is 6.93. The topological polar surface area (TPSA) is 84.9 Å². The molecule has 0 aromatic heterocycles. The highest BCUT2D eigenvalue weighted by atomic mass is 16.5. The number of amides is 3. The van der Waals surface area contributed by atoms with Gasteiger partial charge in [-0.25, -0.2) is 4.79 Å². The van der Waals surface area contributed by atoms with Crippen molar-refractivity contribution in [1.29, 1.82) is 0 Å². The van der Waals surface area contributed by atoms with Crippen LogP contribution in [0.15, 0.2) is 18.2 Å². The third-order valence-electron chi connectivity index (χ3n) is 5.51. The molecule has 1 saturated carbocycles. The molecule has 1 N–H and O–H groups in total. The van der Waals surface area contributed by atoms with E-state index in [-0.39, 0.29) is 24.2 Å². The lowest BCUT2D eigenvalue weighted by molar-refractivity contribution is -0.133. The van der Waals surface area contributed by atoms with Gasteiger partial charge in [0.2, 0.25) is 0 Å². The molecule has 1 heterocycles. The molecule has 26 heavy (non-hydrogen) atoms. The van der Waals surface area contributed by atoms with Crippen LogP contribution in [-0.2, 0) is 4.79 Å². The molecule has 1 aromatic carbocycles. The van der Waals surface area contributed by atoms with Crippen LogP contribution in [0, 0.1) is 5.92 Å². The number of nitrogens with zero attached hydrogens (tertiary/aromatic N) is 1. The van der Waals surface area contributed by atoms with E-state index in [1.54, 1.807) is 18.2 Å². The van der Waals surface area contributed by atoms with Crippen molar-refractivity contribution in [2.24, 2.45) is 5.92 Å². The van der Waals surface area contributed by atoms with Gasteiger partial charge in [0.15, 0.2) is 17.3 Å². The minimum atomic E-state index is -0.854. The van der Waals surface area contributed by atoms with Gasteiger partial charge in [0.25, 0.3) is 5.91 Å². The van der Waals surface area contributed by atoms with E-state index in [2.05, 4.69) is 5.32 Å². The zero-order valence-electron chi connectivity index (χ0n) is 15.3. The van der Waals surface area contributed by atoms with Gasteiger partial charge in [-0.05, 0) is 37.0 Å². The van der Waals surface area contributed by atoms with Crippen LogP contribution < -0.4 is 14.8 Å². The number of ether oxygens (including phenoxy) is 2.